The molecular formula is C49H32N4O. The van der Waals surface area contributed by atoms with Gasteiger partial charge in [0.1, 0.15) is 11.2 Å². The summed E-state index contributed by atoms with van der Waals surface area (Å²) in [5.41, 5.74) is -3.71. The Kier molecular flexibility index (Phi) is 4.08. The topological polar surface area (TPSA) is 55.1 Å². The zero-order valence-electron chi connectivity index (χ0n) is 48.5. The van der Waals surface area contributed by atoms with Crippen LogP contribution in [-0.4, -0.2) is 15.0 Å². The highest BCUT2D eigenvalue weighted by Crippen LogP contribution is 2.40. The summed E-state index contributed by atoms with van der Waals surface area (Å²) in [7, 11) is 0. The average Bonchev–Trinajstić information content (AvgIpc) is 3.84. The molecular weight excluding hydrogens is 661 g/mol. The predicted molar refractivity (Wildman–Crippen MR) is 221 cm³/mol. The monoisotopic (exact) mass is 713 g/mol. The Hall–Kier alpha value is -7.37. The number of rotatable bonds is 7. The van der Waals surface area contributed by atoms with E-state index >= 15 is 0 Å². The quantitative estimate of drug-likeness (QED) is 0.165. The molecule has 0 saturated heterocycles. The SMILES string of the molecule is [2H]c1c([2H])c([2H])c(N(c2cc([2H])c3c([2H])c([2H])c(-c4c([2H])c([2H])c5c(oc6c([2H])c([2H])c([2H])c(-c7nc(-c8ccccc8)nc(-c8ccccc8)n7)c65)c4[2H])c([2H])c3c2[2H])c2c([2H])c([2H])c([2H])c([2H])c2[2H])c([2H])c1[2H]. The van der Waals surface area contributed by atoms with Gasteiger partial charge in [-0.15, -0.1) is 0 Å². The number of aromatic nitrogens is 3. The van der Waals surface area contributed by atoms with Crippen LogP contribution in [0.4, 0.5) is 17.1 Å². The number of hydrogen-bond donors (Lipinski definition) is 0. The molecule has 0 aliphatic heterocycles. The van der Waals surface area contributed by atoms with E-state index in [2.05, 4.69) is 4.98 Å². The molecule has 2 heterocycles. The molecule has 0 bridgehead atoms. The summed E-state index contributed by atoms with van der Waals surface area (Å²) in [6, 6.07) is 0.893. The first-order valence-corrected chi connectivity index (χ1v) is 16.3. The van der Waals surface area contributed by atoms with E-state index in [1.165, 1.54) is 0 Å². The molecule has 0 atom stereocenters. The van der Waals surface area contributed by atoms with Crippen LogP contribution in [0.25, 0.3) is 78.0 Å². The van der Waals surface area contributed by atoms with Gasteiger partial charge in [-0.2, -0.15) is 0 Å². The summed E-state index contributed by atoms with van der Waals surface area (Å²) in [5, 5.41) is -1.67. The molecule has 0 aliphatic rings. The molecule has 0 fully saturated rings. The normalized spacial score (nSPS) is 16.8. The van der Waals surface area contributed by atoms with E-state index in [1.807, 2.05) is 0 Å². The van der Waals surface area contributed by atoms with Crippen LogP contribution < -0.4 is 4.90 Å². The first-order valence-electron chi connectivity index (χ1n) is 26.8. The van der Waals surface area contributed by atoms with E-state index in [0.29, 0.717) is 16.0 Å². The van der Waals surface area contributed by atoms with Crippen LogP contribution in [0.5, 0.6) is 0 Å². The van der Waals surface area contributed by atoms with Gasteiger partial charge < -0.3 is 9.32 Å². The van der Waals surface area contributed by atoms with Crippen LogP contribution in [0.2, 0.25) is 0 Å². The summed E-state index contributed by atoms with van der Waals surface area (Å²) in [4.78, 5) is 14.7. The number of nitrogens with zero attached hydrogens (tertiary/aromatic N) is 4. The van der Waals surface area contributed by atoms with Crippen molar-refractivity contribution in [1.82, 2.24) is 15.0 Å². The number of para-hydroxylation sites is 2. The molecule has 0 unspecified atom stereocenters. The van der Waals surface area contributed by atoms with E-state index in [0.717, 1.165) is 6.07 Å². The van der Waals surface area contributed by atoms with Crippen molar-refractivity contribution in [2.24, 2.45) is 0 Å². The summed E-state index contributed by atoms with van der Waals surface area (Å²) in [6.45, 7) is 0. The Morgan fingerprint density at radius 3 is 1.70 bits per heavy atom. The lowest BCUT2D eigenvalue weighted by Gasteiger charge is -2.25. The average molecular weight is 714 g/mol. The van der Waals surface area contributed by atoms with Crippen LogP contribution in [0.3, 0.4) is 0 Å². The lowest BCUT2D eigenvalue weighted by atomic mass is 9.98. The molecule has 0 aliphatic carbocycles. The zero-order valence-corrected chi connectivity index (χ0v) is 27.5. The predicted octanol–water partition coefficient (Wildman–Crippen LogP) is 13.1. The molecule has 0 amide bonds. The second kappa shape index (κ2) is 13.3. The Balaban J connectivity index is 1.28. The lowest BCUT2D eigenvalue weighted by molar-refractivity contribution is 0.669. The van der Waals surface area contributed by atoms with Gasteiger partial charge in [0.15, 0.2) is 17.5 Å². The molecule has 5 heteroatoms. The molecule has 0 N–H and O–H groups in total. The van der Waals surface area contributed by atoms with Gasteiger partial charge in [0.2, 0.25) is 0 Å². The van der Waals surface area contributed by atoms with Gasteiger partial charge >= 0.3 is 0 Å². The maximum absolute atomic E-state index is 9.66. The first-order chi connectivity index (χ1) is 35.5. The Labute approximate surface area is 342 Å². The third-order valence-electron chi connectivity index (χ3n) is 8.33. The van der Waals surface area contributed by atoms with Crippen molar-refractivity contribution in [3.63, 3.8) is 0 Å². The molecule has 10 aromatic rings. The van der Waals surface area contributed by atoms with E-state index in [9.17, 15) is 11.0 Å². The van der Waals surface area contributed by atoms with Gasteiger partial charge in [0, 0.05) is 44.5 Å². The summed E-state index contributed by atoms with van der Waals surface area (Å²) < 4.78 is 194. The van der Waals surface area contributed by atoms with Crippen molar-refractivity contribution >= 4 is 49.8 Å². The van der Waals surface area contributed by atoms with Crippen molar-refractivity contribution in [2.45, 2.75) is 0 Å². The Morgan fingerprint density at radius 2 is 1.04 bits per heavy atom. The standard InChI is InChI=1S/C49H32N4O/c1-5-14-34(15-6-1)47-50-48(35-16-7-2-8-17-35)52-49(51-47)43-22-13-23-44-46(43)42-29-27-37(32-45(42)54-44)36-25-24-33-26-28-41(31-38(33)30-36)53(39-18-9-3-10-19-39)40-20-11-4-12-21-40/h1-32H/i3D,4D,9D,10D,11D,12D,13D,18D,19D,20D,21D,22D,23D,24D,25D,26D,27D,29D,30D,31D,32D. The molecule has 254 valence electrons. The van der Waals surface area contributed by atoms with Crippen LogP contribution >= 0.6 is 0 Å². The second-order valence-corrected chi connectivity index (χ2v) is 11.6. The Morgan fingerprint density at radius 1 is 0.426 bits per heavy atom. The fraction of sp³-hybridized carbons (Fsp3) is 0. The maximum atomic E-state index is 9.66. The number of benzene rings is 8. The largest absolute Gasteiger partial charge is 0.456 e. The number of fused-ring (bicyclic) bond motifs is 4. The van der Waals surface area contributed by atoms with Gasteiger partial charge in [0.05, 0.1) is 28.8 Å². The zero-order chi connectivity index (χ0) is 54.1. The molecule has 2 aromatic heterocycles. The highest BCUT2D eigenvalue weighted by molar-refractivity contribution is 6.12. The number of hydrogen-bond acceptors (Lipinski definition) is 5. The lowest BCUT2D eigenvalue weighted by Crippen LogP contribution is -2.09. The smallest absolute Gasteiger partial charge is 0.164 e. The van der Waals surface area contributed by atoms with Crippen molar-refractivity contribution in [1.29, 1.82) is 0 Å². The van der Waals surface area contributed by atoms with E-state index in [-0.39, 0.29) is 33.8 Å². The molecule has 10 rings (SSSR count). The van der Waals surface area contributed by atoms with Crippen molar-refractivity contribution in [2.75, 3.05) is 4.90 Å². The molecule has 54 heavy (non-hydrogen) atoms. The summed E-state index contributed by atoms with van der Waals surface area (Å²) in [5.74, 6) is 0.128. The van der Waals surface area contributed by atoms with Crippen LogP contribution in [0.15, 0.2) is 198 Å². The fourth-order valence-corrected chi connectivity index (χ4v) is 5.88. The van der Waals surface area contributed by atoms with Gasteiger partial charge in [-0.05, 0) is 82.3 Å². The van der Waals surface area contributed by atoms with Crippen LogP contribution in [0, 0.1) is 0 Å². The summed E-state index contributed by atoms with van der Waals surface area (Å²) in [6.07, 6.45) is 0. The van der Waals surface area contributed by atoms with E-state index in [1.54, 1.807) is 60.7 Å². The van der Waals surface area contributed by atoms with Gasteiger partial charge in [-0.3, -0.25) is 0 Å². The molecule has 0 radical (unpaired) electrons. The number of furan rings is 1. The fourth-order valence-electron chi connectivity index (χ4n) is 5.88. The molecule has 0 spiro atoms. The maximum Gasteiger partial charge on any atom is 0.164 e. The van der Waals surface area contributed by atoms with Gasteiger partial charge in [0.25, 0.3) is 0 Å². The third kappa shape index (κ3) is 5.74. The minimum atomic E-state index is -0.953. The van der Waals surface area contributed by atoms with E-state index in [4.69, 9.17) is 32.2 Å². The van der Waals surface area contributed by atoms with Crippen LogP contribution in [0.1, 0.15) is 28.8 Å². The molecule has 5 nitrogen and oxygen atoms in total. The highest BCUT2D eigenvalue weighted by Gasteiger charge is 2.19. The van der Waals surface area contributed by atoms with Gasteiger partial charge in [-0.1, -0.05) is 133 Å². The minimum Gasteiger partial charge on any atom is -0.456 e. The molecule has 0 saturated carbocycles. The second-order valence-electron chi connectivity index (χ2n) is 11.6. The van der Waals surface area contributed by atoms with Crippen LogP contribution in [-0.2, 0) is 0 Å². The summed E-state index contributed by atoms with van der Waals surface area (Å²) >= 11 is 0. The Bertz CT molecular complexity index is 3970. The third-order valence-corrected chi connectivity index (χ3v) is 8.33. The van der Waals surface area contributed by atoms with Crippen molar-refractivity contribution in [3.05, 3.63) is 194 Å². The molecule has 8 aromatic carbocycles. The van der Waals surface area contributed by atoms with Crippen molar-refractivity contribution in [3.8, 4) is 45.3 Å². The first kappa shape index (κ1) is 16.5. The van der Waals surface area contributed by atoms with E-state index < -0.39 is 177 Å². The minimum absolute atomic E-state index is 0.156. The highest BCUT2D eigenvalue weighted by atomic mass is 16.3. The van der Waals surface area contributed by atoms with Gasteiger partial charge in [-0.25, -0.2) is 15.0 Å². The van der Waals surface area contributed by atoms with Crippen molar-refractivity contribution < 1.29 is 33.2 Å². The number of anilines is 3.